The van der Waals surface area contributed by atoms with E-state index in [4.69, 9.17) is 0 Å². The number of benzene rings is 1. The van der Waals surface area contributed by atoms with Gasteiger partial charge >= 0.3 is 0 Å². The van der Waals surface area contributed by atoms with Gasteiger partial charge in [0.1, 0.15) is 0 Å². The molecule has 0 spiro atoms. The van der Waals surface area contributed by atoms with Crippen LogP contribution in [0.5, 0.6) is 0 Å². The number of aliphatic hydroxyl groups is 1. The van der Waals surface area contributed by atoms with E-state index in [1.54, 1.807) is 0 Å². The maximum atomic E-state index is 12.5. The van der Waals surface area contributed by atoms with E-state index >= 15 is 0 Å². The number of nitrogens with one attached hydrogen (secondary N) is 2. The van der Waals surface area contributed by atoms with Crippen molar-refractivity contribution in [1.29, 1.82) is 0 Å². The number of hydrogen-bond donors (Lipinski definition) is 3. The van der Waals surface area contributed by atoms with Crippen molar-refractivity contribution in [3.05, 3.63) is 41.2 Å². The molecule has 2 aromatic rings. The molecular weight excluding hydrogens is 328 g/mol. The Labute approximate surface area is 154 Å². The summed E-state index contributed by atoms with van der Waals surface area (Å²) in [5.41, 5.74) is 4.66. The number of carbonyl (C=O) groups is 1. The van der Waals surface area contributed by atoms with Gasteiger partial charge in [-0.25, -0.2) is 0 Å². The summed E-state index contributed by atoms with van der Waals surface area (Å²) in [6.07, 6.45) is 2.64. The molecule has 0 unspecified atom stereocenters. The van der Waals surface area contributed by atoms with Gasteiger partial charge in [-0.3, -0.25) is 9.89 Å². The van der Waals surface area contributed by atoms with Crippen molar-refractivity contribution >= 4 is 5.91 Å². The molecule has 0 bridgehead atoms. The van der Waals surface area contributed by atoms with Crippen LogP contribution in [0.4, 0.5) is 0 Å². The number of nitrogens with zero attached hydrogens (tertiary/aromatic N) is 2. The second kappa shape index (κ2) is 8.47. The molecule has 1 aliphatic rings. The topological polar surface area (TPSA) is 81.2 Å². The molecule has 0 saturated carbocycles. The van der Waals surface area contributed by atoms with Gasteiger partial charge < -0.3 is 15.3 Å². The Kier molecular flexibility index (Phi) is 6.06. The molecule has 3 rings (SSSR count). The van der Waals surface area contributed by atoms with Crippen molar-refractivity contribution in [2.45, 2.75) is 39.2 Å². The maximum absolute atomic E-state index is 12.5. The lowest BCUT2D eigenvalue weighted by molar-refractivity contribution is 0.0697. The molecule has 1 amide bonds. The molecule has 3 N–H and O–H groups in total. The normalized spacial score (nSPS) is 18.0. The summed E-state index contributed by atoms with van der Waals surface area (Å²) in [6.45, 7) is 7.28. The number of amides is 1. The quantitative estimate of drug-likeness (QED) is 0.694. The number of rotatable bonds is 6. The summed E-state index contributed by atoms with van der Waals surface area (Å²) < 4.78 is 0. The minimum Gasteiger partial charge on any atom is -0.392 e. The van der Waals surface area contributed by atoms with Crippen molar-refractivity contribution in [1.82, 2.24) is 20.4 Å². The largest absolute Gasteiger partial charge is 0.392 e. The highest BCUT2D eigenvalue weighted by Gasteiger charge is 2.17. The zero-order valence-electron chi connectivity index (χ0n) is 15.6. The molecule has 1 aromatic heterocycles. The van der Waals surface area contributed by atoms with Crippen molar-refractivity contribution in [2.24, 2.45) is 0 Å². The Hall–Kier alpha value is -2.18. The van der Waals surface area contributed by atoms with Crippen molar-refractivity contribution in [2.75, 3.05) is 26.2 Å². The highest BCUT2D eigenvalue weighted by Crippen LogP contribution is 2.25. The zero-order chi connectivity index (χ0) is 18.5. The Morgan fingerprint density at radius 2 is 2.27 bits per heavy atom. The number of carbonyl (C=O) groups excluding carboxylic acids is 1. The molecule has 1 saturated heterocycles. The monoisotopic (exact) mass is 356 g/mol. The number of H-pyrrole nitrogens is 1. The number of aromatic amines is 1. The highest BCUT2D eigenvalue weighted by molar-refractivity contribution is 5.95. The summed E-state index contributed by atoms with van der Waals surface area (Å²) >= 11 is 0. The van der Waals surface area contributed by atoms with E-state index in [9.17, 15) is 9.90 Å². The van der Waals surface area contributed by atoms with Gasteiger partial charge in [-0.2, -0.15) is 5.10 Å². The smallest absolute Gasteiger partial charge is 0.251 e. The maximum Gasteiger partial charge on any atom is 0.251 e. The third-order valence-electron chi connectivity index (χ3n) is 4.96. The van der Waals surface area contributed by atoms with Crippen LogP contribution in [0.25, 0.3) is 11.1 Å². The second-order valence-corrected chi connectivity index (χ2v) is 7.10. The number of hydrogen-bond acceptors (Lipinski definition) is 4. The number of aromatic nitrogens is 2. The summed E-state index contributed by atoms with van der Waals surface area (Å²) in [5.74, 6) is -0.0515. The fourth-order valence-corrected chi connectivity index (χ4v) is 3.63. The van der Waals surface area contributed by atoms with Crippen LogP contribution in [0.15, 0.2) is 24.3 Å². The van der Waals surface area contributed by atoms with Crippen LogP contribution in [-0.2, 0) is 0 Å². The Morgan fingerprint density at radius 1 is 1.42 bits per heavy atom. The molecule has 0 aliphatic carbocycles. The van der Waals surface area contributed by atoms with Gasteiger partial charge in [0.25, 0.3) is 5.91 Å². The summed E-state index contributed by atoms with van der Waals surface area (Å²) in [5, 5.41) is 19.9. The average molecular weight is 356 g/mol. The molecule has 1 fully saturated rings. The van der Waals surface area contributed by atoms with Gasteiger partial charge in [0.05, 0.1) is 11.8 Å². The third-order valence-corrected chi connectivity index (χ3v) is 4.96. The lowest BCUT2D eigenvalue weighted by Gasteiger charge is -2.29. The third kappa shape index (κ3) is 4.51. The van der Waals surface area contributed by atoms with Gasteiger partial charge in [0.2, 0.25) is 0 Å². The average Bonchev–Trinajstić information content (AvgIpc) is 2.97. The van der Waals surface area contributed by atoms with Crippen molar-refractivity contribution in [3.8, 4) is 11.1 Å². The number of aliphatic hydroxyl groups excluding tert-OH is 1. The standard InChI is InChI=1S/C20H28N4O2/c1-14-19(15(2)23-22-14)16-6-3-7-17(12-16)20(26)21-9-5-11-24-10-4-8-18(25)13-24/h3,6-7,12,18,25H,4-5,8-11,13H2,1-2H3,(H,21,26)(H,22,23)/t18-/m0/s1. The van der Waals surface area contributed by atoms with Crippen molar-refractivity contribution < 1.29 is 9.90 Å². The molecule has 0 radical (unpaired) electrons. The second-order valence-electron chi connectivity index (χ2n) is 7.10. The summed E-state index contributed by atoms with van der Waals surface area (Å²) in [4.78, 5) is 14.7. The van der Waals surface area contributed by atoms with Crippen LogP contribution in [0.2, 0.25) is 0 Å². The SMILES string of the molecule is Cc1n[nH]c(C)c1-c1cccc(C(=O)NCCCN2CCC[C@H](O)C2)c1. The van der Waals surface area contributed by atoms with E-state index in [-0.39, 0.29) is 12.0 Å². The number of aryl methyl sites for hydroxylation is 2. The lowest BCUT2D eigenvalue weighted by atomic mass is 10.0. The van der Waals surface area contributed by atoms with Gasteiger partial charge in [-0.15, -0.1) is 0 Å². The predicted octanol–water partition coefficient (Wildman–Crippen LogP) is 2.27. The molecule has 6 heteroatoms. The first-order chi connectivity index (χ1) is 12.5. The first-order valence-corrected chi connectivity index (χ1v) is 9.35. The first kappa shape index (κ1) is 18.6. The van der Waals surface area contributed by atoms with Crippen molar-refractivity contribution in [3.63, 3.8) is 0 Å². The summed E-state index contributed by atoms with van der Waals surface area (Å²) in [6, 6.07) is 7.67. The highest BCUT2D eigenvalue weighted by atomic mass is 16.3. The van der Waals surface area contributed by atoms with Crippen LogP contribution >= 0.6 is 0 Å². The van der Waals surface area contributed by atoms with Gasteiger partial charge in [-0.05, 0) is 63.9 Å². The van der Waals surface area contributed by atoms with Crippen LogP contribution in [0, 0.1) is 13.8 Å². The lowest BCUT2D eigenvalue weighted by Crippen LogP contribution is -2.39. The number of piperidine rings is 1. The number of β-amino-alcohol motifs (C(OH)–C–C–N with tert-alkyl or cyclic N) is 1. The Balaban J connectivity index is 1.53. The van der Waals surface area contributed by atoms with Crippen LogP contribution in [0.1, 0.15) is 41.0 Å². The Bertz CT molecular complexity index is 737. The minimum absolute atomic E-state index is 0.0515. The fraction of sp³-hybridized carbons (Fsp3) is 0.500. The first-order valence-electron chi connectivity index (χ1n) is 9.35. The zero-order valence-corrected chi connectivity index (χ0v) is 15.6. The molecule has 2 heterocycles. The predicted molar refractivity (Wildman–Crippen MR) is 102 cm³/mol. The van der Waals surface area contributed by atoms with E-state index in [2.05, 4.69) is 20.4 Å². The molecule has 1 aliphatic heterocycles. The van der Waals surface area contributed by atoms with E-state index in [0.29, 0.717) is 12.1 Å². The van der Waals surface area contributed by atoms with Gasteiger partial charge in [0.15, 0.2) is 0 Å². The molecule has 1 atom stereocenters. The van der Waals surface area contributed by atoms with E-state index in [1.165, 1.54) is 0 Å². The molecular formula is C20H28N4O2. The molecule has 1 aromatic carbocycles. The van der Waals surface area contributed by atoms with Crippen LogP contribution < -0.4 is 5.32 Å². The van der Waals surface area contributed by atoms with E-state index in [0.717, 1.165) is 61.4 Å². The van der Waals surface area contributed by atoms with E-state index < -0.39 is 0 Å². The van der Waals surface area contributed by atoms with Gasteiger partial charge in [-0.1, -0.05) is 12.1 Å². The Morgan fingerprint density at radius 3 is 3.00 bits per heavy atom. The summed E-state index contributed by atoms with van der Waals surface area (Å²) in [7, 11) is 0. The van der Waals surface area contributed by atoms with Gasteiger partial charge in [0, 0.05) is 29.9 Å². The molecule has 140 valence electrons. The molecule has 6 nitrogen and oxygen atoms in total. The van der Waals surface area contributed by atoms with E-state index in [1.807, 2.05) is 38.1 Å². The van der Waals surface area contributed by atoms with Crippen LogP contribution in [0.3, 0.4) is 0 Å². The molecule has 26 heavy (non-hydrogen) atoms. The fourth-order valence-electron chi connectivity index (χ4n) is 3.63. The minimum atomic E-state index is -0.198. The van der Waals surface area contributed by atoms with Crippen LogP contribution in [-0.4, -0.2) is 58.4 Å². The number of likely N-dealkylation sites (tertiary alicyclic amines) is 1.